The Labute approximate surface area is 112 Å². The minimum Gasteiger partial charge on any atom is -0.466 e. The molecule has 0 spiro atoms. The molecule has 0 amide bonds. The average molecular weight is 255 g/mol. The van der Waals surface area contributed by atoms with Crippen molar-refractivity contribution in [1.82, 2.24) is 4.90 Å². The molecule has 1 saturated heterocycles. The third kappa shape index (κ3) is 5.85. The molecule has 0 saturated carbocycles. The van der Waals surface area contributed by atoms with Crippen molar-refractivity contribution in [1.29, 1.82) is 0 Å². The number of unbranched alkanes of at least 4 members (excludes halogenated alkanes) is 2. The van der Waals surface area contributed by atoms with E-state index in [4.69, 9.17) is 4.74 Å². The second kappa shape index (κ2) is 8.52. The maximum atomic E-state index is 11.2. The lowest BCUT2D eigenvalue weighted by Crippen LogP contribution is -2.40. The van der Waals surface area contributed by atoms with Gasteiger partial charge in [0.05, 0.1) is 6.61 Å². The van der Waals surface area contributed by atoms with Gasteiger partial charge in [-0.15, -0.1) is 0 Å². The topological polar surface area (TPSA) is 29.5 Å². The minimum absolute atomic E-state index is 0.0438. The van der Waals surface area contributed by atoms with Crippen LogP contribution in [0.25, 0.3) is 0 Å². The Morgan fingerprint density at radius 3 is 2.72 bits per heavy atom. The van der Waals surface area contributed by atoms with Crippen LogP contribution < -0.4 is 0 Å². The van der Waals surface area contributed by atoms with Crippen molar-refractivity contribution in [2.75, 3.05) is 19.7 Å². The zero-order chi connectivity index (χ0) is 13.4. The van der Waals surface area contributed by atoms with Crippen molar-refractivity contribution in [3.8, 4) is 0 Å². The van der Waals surface area contributed by atoms with Crippen LogP contribution in [0.15, 0.2) is 0 Å². The van der Waals surface area contributed by atoms with E-state index in [1.54, 1.807) is 0 Å². The number of ether oxygens (including phenoxy) is 1. The average Bonchev–Trinajstić information content (AvgIpc) is 2.31. The fourth-order valence-electron chi connectivity index (χ4n) is 2.78. The summed E-state index contributed by atoms with van der Waals surface area (Å²) in [6.07, 6.45) is 6.57. The van der Waals surface area contributed by atoms with Gasteiger partial charge >= 0.3 is 5.97 Å². The molecule has 3 nitrogen and oxygen atoms in total. The van der Waals surface area contributed by atoms with E-state index in [0.29, 0.717) is 13.0 Å². The first-order valence-corrected chi connectivity index (χ1v) is 7.53. The van der Waals surface area contributed by atoms with Crippen molar-refractivity contribution >= 4 is 5.97 Å². The number of rotatable bonds is 7. The summed E-state index contributed by atoms with van der Waals surface area (Å²) in [5, 5.41) is 0. The van der Waals surface area contributed by atoms with E-state index in [-0.39, 0.29) is 5.97 Å². The van der Waals surface area contributed by atoms with E-state index >= 15 is 0 Å². The molecule has 0 radical (unpaired) electrons. The summed E-state index contributed by atoms with van der Waals surface area (Å²) in [5.41, 5.74) is 0. The SMILES string of the molecule is CCOC(=O)CCCCCN1CCC(C)CC1C. The fourth-order valence-corrected chi connectivity index (χ4v) is 2.78. The number of hydrogen-bond acceptors (Lipinski definition) is 3. The van der Waals surface area contributed by atoms with Gasteiger partial charge in [-0.05, 0) is 58.5 Å². The molecule has 1 aliphatic rings. The van der Waals surface area contributed by atoms with Gasteiger partial charge in [0.15, 0.2) is 0 Å². The summed E-state index contributed by atoms with van der Waals surface area (Å²) in [6.45, 7) is 9.50. The quantitative estimate of drug-likeness (QED) is 0.517. The molecular formula is C15H29NO2. The molecule has 2 unspecified atom stereocenters. The van der Waals surface area contributed by atoms with Gasteiger partial charge < -0.3 is 9.64 Å². The summed E-state index contributed by atoms with van der Waals surface area (Å²) < 4.78 is 4.92. The number of hydrogen-bond donors (Lipinski definition) is 0. The molecule has 0 bridgehead atoms. The van der Waals surface area contributed by atoms with Crippen molar-refractivity contribution in [3.63, 3.8) is 0 Å². The first-order chi connectivity index (χ1) is 8.63. The Bertz CT molecular complexity index is 243. The normalized spacial score (nSPS) is 25.1. The van der Waals surface area contributed by atoms with Gasteiger partial charge in [-0.25, -0.2) is 0 Å². The predicted octanol–water partition coefficient (Wildman–Crippen LogP) is 3.23. The second-order valence-electron chi connectivity index (χ2n) is 5.63. The van der Waals surface area contributed by atoms with Crippen molar-refractivity contribution in [2.45, 2.75) is 65.3 Å². The molecule has 106 valence electrons. The van der Waals surface area contributed by atoms with E-state index < -0.39 is 0 Å². The van der Waals surface area contributed by atoms with Crippen molar-refractivity contribution in [3.05, 3.63) is 0 Å². The zero-order valence-electron chi connectivity index (χ0n) is 12.3. The van der Waals surface area contributed by atoms with Gasteiger partial charge in [0.25, 0.3) is 0 Å². The number of piperidine rings is 1. The van der Waals surface area contributed by atoms with Gasteiger partial charge in [-0.2, -0.15) is 0 Å². The maximum absolute atomic E-state index is 11.2. The number of carbonyl (C=O) groups is 1. The van der Waals surface area contributed by atoms with Crippen LogP contribution in [0.4, 0.5) is 0 Å². The monoisotopic (exact) mass is 255 g/mol. The first kappa shape index (κ1) is 15.5. The van der Waals surface area contributed by atoms with Crippen molar-refractivity contribution < 1.29 is 9.53 Å². The van der Waals surface area contributed by atoms with E-state index in [0.717, 1.165) is 24.8 Å². The predicted molar refractivity (Wildman–Crippen MR) is 74.5 cm³/mol. The molecule has 1 fully saturated rings. The molecule has 0 aromatic carbocycles. The van der Waals surface area contributed by atoms with Crippen LogP contribution in [0.3, 0.4) is 0 Å². The van der Waals surface area contributed by atoms with Crippen LogP contribution in [0, 0.1) is 5.92 Å². The Kier molecular flexibility index (Phi) is 7.33. The Balaban J connectivity index is 2.02. The lowest BCUT2D eigenvalue weighted by molar-refractivity contribution is -0.143. The molecule has 0 N–H and O–H groups in total. The van der Waals surface area contributed by atoms with Gasteiger partial charge in [0.2, 0.25) is 0 Å². The standard InChI is InChI=1S/C15H29NO2/c1-4-18-15(17)8-6-5-7-10-16-11-9-13(2)12-14(16)3/h13-14H,4-12H2,1-3H3. The minimum atomic E-state index is -0.0438. The summed E-state index contributed by atoms with van der Waals surface area (Å²) in [4.78, 5) is 13.8. The van der Waals surface area contributed by atoms with Crippen LogP contribution in [-0.2, 0) is 9.53 Å². The van der Waals surface area contributed by atoms with Gasteiger partial charge in [0, 0.05) is 12.5 Å². The summed E-state index contributed by atoms with van der Waals surface area (Å²) in [6, 6.07) is 0.735. The Morgan fingerprint density at radius 2 is 2.06 bits per heavy atom. The fraction of sp³-hybridized carbons (Fsp3) is 0.933. The van der Waals surface area contributed by atoms with Crippen LogP contribution in [0.2, 0.25) is 0 Å². The van der Waals surface area contributed by atoms with E-state index in [9.17, 15) is 4.79 Å². The lowest BCUT2D eigenvalue weighted by Gasteiger charge is -2.36. The maximum Gasteiger partial charge on any atom is 0.305 e. The molecular weight excluding hydrogens is 226 g/mol. The second-order valence-corrected chi connectivity index (χ2v) is 5.63. The smallest absolute Gasteiger partial charge is 0.305 e. The third-order valence-corrected chi connectivity index (χ3v) is 3.91. The highest BCUT2D eigenvalue weighted by atomic mass is 16.5. The molecule has 1 aliphatic heterocycles. The van der Waals surface area contributed by atoms with Gasteiger partial charge in [-0.1, -0.05) is 13.3 Å². The highest BCUT2D eigenvalue weighted by Gasteiger charge is 2.21. The van der Waals surface area contributed by atoms with Crippen LogP contribution in [-0.4, -0.2) is 36.6 Å². The summed E-state index contributed by atoms with van der Waals surface area (Å²) in [5.74, 6) is 0.845. The number of nitrogens with zero attached hydrogens (tertiary/aromatic N) is 1. The van der Waals surface area contributed by atoms with E-state index in [1.807, 2.05) is 6.92 Å². The molecule has 2 atom stereocenters. The summed E-state index contributed by atoms with van der Waals surface area (Å²) >= 11 is 0. The Morgan fingerprint density at radius 1 is 1.28 bits per heavy atom. The summed E-state index contributed by atoms with van der Waals surface area (Å²) in [7, 11) is 0. The van der Waals surface area contributed by atoms with Crippen molar-refractivity contribution in [2.24, 2.45) is 5.92 Å². The molecule has 18 heavy (non-hydrogen) atoms. The zero-order valence-corrected chi connectivity index (χ0v) is 12.3. The Hall–Kier alpha value is -0.570. The van der Waals surface area contributed by atoms with E-state index in [1.165, 1.54) is 32.4 Å². The number of carbonyl (C=O) groups excluding carboxylic acids is 1. The van der Waals surface area contributed by atoms with Crippen LogP contribution in [0.5, 0.6) is 0 Å². The molecule has 3 heteroatoms. The van der Waals surface area contributed by atoms with Crippen LogP contribution in [0.1, 0.15) is 59.3 Å². The van der Waals surface area contributed by atoms with E-state index in [2.05, 4.69) is 18.7 Å². The molecule has 0 aromatic heterocycles. The third-order valence-electron chi connectivity index (χ3n) is 3.91. The first-order valence-electron chi connectivity index (χ1n) is 7.53. The number of likely N-dealkylation sites (tertiary alicyclic amines) is 1. The lowest BCUT2D eigenvalue weighted by atomic mass is 9.93. The van der Waals surface area contributed by atoms with Gasteiger partial charge in [0.1, 0.15) is 0 Å². The largest absolute Gasteiger partial charge is 0.466 e. The number of esters is 1. The van der Waals surface area contributed by atoms with Gasteiger partial charge in [-0.3, -0.25) is 4.79 Å². The molecule has 0 aliphatic carbocycles. The molecule has 1 rings (SSSR count). The highest BCUT2D eigenvalue weighted by Crippen LogP contribution is 2.22. The highest BCUT2D eigenvalue weighted by molar-refractivity contribution is 5.69. The van der Waals surface area contributed by atoms with Crippen LogP contribution >= 0.6 is 0 Å². The molecule has 0 aromatic rings. The molecule has 1 heterocycles.